The van der Waals surface area contributed by atoms with Crippen molar-refractivity contribution in [2.45, 2.75) is 20.0 Å². The average molecular weight is 434 g/mol. The number of alkyl halides is 3. The molecule has 0 saturated carbocycles. The van der Waals surface area contributed by atoms with Gasteiger partial charge in [-0.05, 0) is 43.7 Å². The Balaban J connectivity index is 1.78. The lowest BCUT2D eigenvalue weighted by atomic mass is 10.2. The number of nitrogens with one attached hydrogen (secondary N) is 1. The predicted octanol–water partition coefficient (Wildman–Crippen LogP) is 4.59. The molecule has 0 bridgehead atoms. The fourth-order valence-electron chi connectivity index (χ4n) is 3.29. The van der Waals surface area contributed by atoms with E-state index < -0.39 is 29.2 Å². The maximum atomic E-state index is 14.0. The van der Waals surface area contributed by atoms with Crippen LogP contribution in [0.25, 0.3) is 5.69 Å². The van der Waals surface area contributed by atoms with Crippen molar-refractivity contribution in [3.63, 3.8) is 0 Å². The van der Waals surface area contributed by atoms with E-state index in [9.17, 15) is 22.4 Å². The number of benzene rings is 2. The molecule has 3 rings (SSSR count). The van der Waals surface area contributed by atoms with Gasteiger partial charge in [-0.25, -0.2) is 9.07 Å². The van der Waals surface area contributed by atoms with Crippen molar-refractivity contribution in [1.29, 1.82) is 0 Å². The van der Waals surface area contributed by atoms with Crippen LogP contribution in [0.1, 0.15) is 28.5 Å². The summed E-state index contributed by atoms with van der Waals surface area (Å²) in [7, 11) is 0. The van der Waals surface area contributed by atoms with Gasteiger partial charge in [0.25, 0.3) is 5.91 Å². The molecule has 31 heavy (non-hydrogen) atoms. The molecule has 164 valence electrons. The number of likely N-dealkylation sites (N-methyl/N-ethyl adjacent to an activating group) is 1. The fraction of sp³-hybridized carbons (Fsp3) is 0.273. The second kappa shape index (κ2) is 9.20. The number of anilines is 1. The van der Waals surface area contributed by atoms with Crippen molar-refractivity contribution in [2.24, 2.45) is 0 Å². The number of hydrogen-bond donors (Lipinski definition) is 1. The fourth-order valence-corrected chi connectivity index (χ4v) is 3.29. The minimum absolute atomic E-state index is 0.128. The van der Waals surface area contributed by atoms with Crippen LogP contribution in [0.5, 0.6) is 0 Å². The Morgan fingerprint density at radius 3 is 2.55 bits per heavy atom. The molecule has 0 saturated heterocycles. The summed E-state index contributed by atoms with van der Waals surface area (Å²) in [5, 5.41) is 6.15. The first-order valence-electron chi connectivity index (χ1n) is 9.72. The highest BCUT2D eigenvalue weighted by Crippen LogP contribution is 2.34. The van der Waals surface area contributed by atoms with Gasteiger partial charge in [0, 0.05) is 25.3 Å². The molecule has 0 atom stereocenters. The Morgan fingerprint density at radius 1 is 1.16 bits per heavy atom. The highest BCUT2D eigenvalue weighted by atomic mass is 19.4. The van der Waals surface area contributed by atoms with Crippen LogP contribution in [0.15, 0.2) is 54.7 Å². The molecule has 0 aliphatic rings. The first kappa shape index (κ1) is 22.3. The highest BCUT2D eigenvalue weighted by Gasteiger charge is 2.41. The van der Waals surface area contributed by atoms with E-state index in [0.29, 0.717) is 17.8 Å². The van der Waals surface area contributed by atoms with Crippen molar-refractivity contribution < 1.29 is 22.4 Å². The second-order valence-corrected chi connectivity index (χ2v) is 6.94. The van der Waals surface area contributed by atoms with E-state index in [2.05, 4.69) is 10.4 Å². The van der Waals surface area contributed by atoms with Gasteiger partial charge in [-0.2, -0.15) is 18.3 Å². The van der Waals surface area contributed by atoms with Gasteiger partial charge in [-0.3, -0.25) is 4.79 Å². The first-order valence-corrected chi connectivity index (χ1v) is 9.72. The lowest BCUT2D eigenvalue weighted by Gasteiger charge is -2.23. The van der Waals surface area contributed by atoms with Gasteiger partial charge in [-0.15, -0.1) is 0 Å². The summed E-state index contributed by atoms with van der Waals surface area (Å²) in [6.07, 6.45) is -4.09. The molecule has 1 aromatic heterocycles. The van der Waals surface area contributed by atoms with Gasteiger partial charge in [0.2, 0.25) is 0 Å². The van der Waals surface area contributed by atoms with E-state index in [1.807, 2.05) is 43.0 Å². The largest absolute Gasteiger partial charge is 0.434 e. The Hall–Kier alpha value is -3.36. The molecular formula is C22H22F4N4O. The number of nitrogens with zero attached hydrogens (tertiary/aromatic N) is 3. The zero-order chi connectivity index (χ0) is 22.6. The van der Waals surface area contributed by atoms with Crippen LogP contribution in [-0.4, -0.2) is 35.3 Å². The van der Waals surface area contributed by atoms with Crippen LogP contribution < -0.4 is 10.2 Å². The minimum atomic E-state index is -4.90. The van der Waals surface area contributed by atoms with E-state index in [4.69, 9.17) is 0 Å². The van der Waals surface area contributed by atoms with Gasteiger partial charge in [-0.1, -0.05) is 24.3 Å². The van der Waals surface area contributed by atoms with E-state index in [1.165, 1.54) is 18.2 Å². The SMILES string of the molecule is CCN(CCNC(=O)c1cnn(-c2ccccc2F)c1C(F)(F)F)c1cccc(C)c1. The molecule has 2 aromatic carbocycles. The third kappa shape index (κ3) is 5.04. The zero-order valence-corrected chi connectivity index (χ0v) is 17.1. The predicted molar refractivity (Wildman–Crippen MR) is 110 cm³/mol. The van der Waals surface area contributed by atoms with Crippen LogP contribution in [0.4, 0.5) is 23.2 Å². The molecule has 0 unspecified atom stereocenters. The standard InChI is InChI=1S/C22H22F4N4O/c1-3-29(16-8-6-7-15(2)13-16)12-11-27-21(31)17-14-28-30(20(17)22(24,25)26)19-10-5-4-9-18(19)23/h4-10,13-14H,3,11-12H2,1-2H3,(H,27,31). The molecule has 0 aliphatic heterocycles. The summed E-state index contributed by atoms with van der Waals surface area (Å²) < 4.78 is 55.6. The smallest absolute Gasteiger partial charge is 0.370 e. The average Bonchev–Trinajstić information content (AvgIpc) is 3.17. The van der Waals surface area contributed by atoms with Crippen LogP contribution >= 0.6 is 0 Å². The summed E-state index contributed by atoms with van der Waals surface area (Å²) in [5.41, 5.74) is -0.323. The lowest BCUT2D eigenvalue weighted by molar-refractivity contribution is -0.143. The van der Waals surface area contributed by atoms with Crippen LogP contribution in [0, 0.1) is 12.7 Å². The van der Waals surface area contributed by atoms with Crippen molar-refractivity contribution in [3.8, 4) is 5.69 Å². The molecule has 0 spiro atoms. The number of carbonyl (C=O) groups is 1. The topological polar surface area (TPSA) is 50.2 Å². The van der Waals surface area contributed by atoms with E-state index in [-0.39, 0.29) is 12.2 Å². The lowest BCUT2D eigenvalue weighted by Crippen LogP contribution is -2.35. The van der Waals surface area contributed by atoms with Gasteiger partial charge in [0.15, 0.2) is 5.69 Å². The van der Waals surface area contributed by atoms with E-state index in [1.54, 1.807) is 0 Å². The molecule has 1 heterocycles. The molecule has 0 radical (unpaired) electrons. The summed E-state index contributed by atoms with van der Waals surface area (Å²) in [4.78, 5) is 14.5. The highest BCUT2D eigenvalue weighted by molar-refractivity contribution is 5.95. The van der Waals surface area contributed by atoms with E-state index in [0.717, 1.165) is 23.5 Å². The number of amides is 1. The Bertz CT molecular complexity index is 1060. The summed E-state index contributed by atoms with van der Waals surface area (Å²) in [6.45, 7) is 5.12. The number of rotatable bonds is 7. The third-order valence-electron chi connectivity index (χ3n) is 4.78. The normalized spacial score (nSPS) is 11.4. The summed E-state index contributed by atoms with van der Waals surface area (Å²) >= 11 is 0. The van der Waals surface area contributed by atoms with Crippen molar-refractivity contribution in [3.05, 3.63) is 77.4 Å². The molecule has 1 N–H and O–H groups in total. The Labute approximate surface area is 177 Å². The quantitative estimate of drug-likeness (QED) is 0.553. The molecule has 5 nitrogen and oxygen atoms in total. The number of hydrogen-bond acceptors (Lipinski definition) is 3. The number of aryl methyl sites for hydroxylation is 1. The number of para-hydroxylation sites is 1. The van der Waals surface area contributed by atoms with Gasteiger partial charge in [0.1, 0.15) is 11.5 Å². The third-order valence-corrected chi connectivity index (χ3v) is 4.78. The molecule has 9 heteroatoms. The van der Waals surface area contributed by atoms with E-state index >= 15 is 0 Å². The van der Waals surface area contributed by atoms with Gasteiger partial charge in [0.05, 0.1) is 11.8 Å². The summed E-state index contributed by atoms with van der Waals surface area (Å²) in [5.74, 6) is -1.80. The molecule has 0 aliphatic carbocycles. The van der Waals surface area contributed by atoms with Crippen molar-refractivity contribution in [1.82, 2.24) is 15.1 Å². The van der Waals surface area contributed by atoms with Crippen LogP contribution in [0.3, 0.4) is 0 Å². The Morgan fingerprint density at radius 2 is 1.90 bits per heavy atom. The van der Waals surface area contributed by atoms with Crippen LogP contribution in [-0.2, 0) is 6.18 Å². The minimum Gasteiger partial charge on any atom is -0.370 e. The number of aromatic nitrogens is 2. The van der Waals surface area contributed by atoms with Crippen molar-refractivity contribution in [2.75, 3.05) is 24.5 Å². The monoisotopic (exact) mass is 434 g/mol. The maximum absolute atomic E-state index is 14.0. The molecular weight excluding hydrogens is 412 g/mol. The van der Waals surface area contributed by atoms with Crippen molar-refractivity contribution >= 4 is 11.6 Å². The maximum Gasteiger partial charge on any atom is 0.434 e. The Kier molecular flexibility index (Phi) is 6.62. The first-order chi connectivity index (χ1) is 14.7. The molecule has 3 aromatic rings. The van der Waals surface area contributed by atoms with Crippen LogP contribution in [0.2, 0.25) is 0 Å². The number of carbonyl (C=O) groups excluding carboxylic acids is 1. The zero-order valence-electron chi connectivity index (χ0n) is 17.1. The number of halogens is 4. The molecule has 0 fully saturated rings. The van der Waals surface area contributed by atoms with Gasteiger partial charge >= 0.3 is 6.18 Å². The molecule has 1 amide bonds. The second-order valence-electron chi connectivity index (χ2n) is 6.94. The van der Waals surface area contributed by atoms with Gasteiger partial charge < -0.3 is 10.2 Å². The summed E-state index contributed by atoms with van der Waals surface area (Å²) in [6, 6.07) is 12.7.